The first-order valence-corrected chi connectivity index (χ1v) is 9.21. The van der Waals surface area contributed by atoms with Gasteiger partial charge in [-0.1, -0.05) is 48.9 Å². The predicted octanol–water partition coefficient (Wildman–Crippen LogP) is 4.01. The van der Waals surface area contributed by atoms with Gasteiger partial charge in [0, 0.05) is 17.6 Å². The molecule has 0 saturated carbocycles. The van der Waals surface area contributed by atoms with E-state index in [1.54, 1.807) is 42.5 Å². The van der Waals surface area contributed by atoms with E-state index < -0.39 is 5.91 Å². The van der Waals surface area contributed by atoms with Crippen LogP contribution in [0.2, 0.25) is 5.02 Å². The number of carbonyl (C=O) groups excluding carboxylic acids is 2. The second kappa shape index (κ2) is 10.4. The molecule has 140 valence electrons. The summed E-state index contributed by atoms with van der Waals surface area (Å²) in [4.78, 5) is 24.3. The molecule has 2 aromatic rings. The largest absolute Gasteiger partial charge is 0.352 e. The number of para-hydroxylation sites is 1. The van der Waals surface area contributed by atoms with E-state index in [9.17, 15) is 9.59 Å². The van der Waals surface area contributed by atoms with Crippen LogP contribution in [0.25, 0.3) is 6.08 Å². The molecular formula is C20H20ClN3O2S. The van der Waals surface area contributed by atoms with Crippen molar-refractivity contribution >= 4 is 52.5 Å². The molecule has 7 heteroatoms. The standard InChI is InChI=1S/C20H20ClN3O2S/c1-2-13-22-19(26)15-8-4-6-10-17(15)23-20(27)24-18(25)12-11-14-7-3-5-9-16(14)21/h3-12H,2,13H2,1H3,(H,22,26)(H2,23,24,25,27). The van der Waals surface area contributed by atoms with E-state index >= 15 is 0 Å². The number of nitrogens with one attached hydrogen (secondary N) is 3. The van der Waals surface area contributed by atoms with Gasteiger partial charge in [0.05, 0.1) is 11.3 Å². The molecule has 27 heavy (non-hydrogen) atoms. The number of thiocarbonyl (C=S) groups is 1. The highest BCUT2D eigenvalue weighted by Crippen LogP contribution is 2.16. The molecule has 0 spiro atoms. The lowest BCUT2D eigenvalue weighted by Crippen LogP contribution is -2.34. The third-order valence-corrected chi connectivity index (χ3v) is 4.06. The molecule has 2 amide bonds. The van der Waals surface area contributed by atoms with Crippen LogP contribution in [0.3, 0.4) is 0 Å². The molecule has 0 aromatic heterocycles. The lowest BCUT2D eigenvalue weighted by molar-refractivity contribution is -0.115. The third kappa shape index (κ3) is 6.51. The van der Waals surface area contributed by atoms with E-state index in [1.807, 2.05) is 19.1 Å². The van der Waals surface area contributed by atoms with Crippen molar-refractivity contribution in [2.45, 2.75) is 13.3 Å². The Kier molecular flexibility index (Phi) is 7.98. The molecule has 0 bridgehead atoms. The highest BCUT2D eigenvalue weighted by molar-refractivity contribution is 7.80. The lowest BCUT2D eigenvalue weighted by Gasteiger charge is -2.12. The Bertz CT molecular complexity index is 868. The highest BCUT2D eigenvalue weighted by atomic mass is 35.5. The van der Waals surface area contributed by atoms with Crippen LogP contribution in [-0.4, -0.2) is 23.5 Å². The van der Waals surface area contributed by atoms with E-state index in [2.05, 4.69) is 16.0 Å². The van der Waals surface area contributed by atoms with Gasteiger partial charge in [-0.2, -0.15) is 0 Å². The zero-order valence-electron chi connectivity index (χ0n) is 14.8. The van der Waals surface area contributed by atoms with E-state index in [0.717, 1.165) is 12.0 Å². The molecule has 0 aliphatic rings. The fourth-order valence-corrected chi connectivity index (χ4v) is 2.62. The molecule has 0 saturated heterocycles. The summed E-state index contributed by atoms with van der Waals surface area (Å²) in [6.07, 6.45) is 3.79. The fraction of sp³-hybridized carbons (Fsp3) is 0.150. The van der Waals surface area contributed by atoms with Crippen molar-refractivity contribution in [2.24, 2.45) is 0 Å². The van der Waals surface area contributed by atoms with Crippen LogP contribution < -0.4 is 16.0 Å². The molecule has 2 rings (SSSR count). The second-order valence-corrected chi connectivity index (χ2v) is 6.42. The SMILES string of the molecule is CCCNC(=O)c1ccccc1NC(=S)NC(=O)C=Cc1ccccc1Cl. The van der Waals surface area contributed by atoms with Crippen LogP contribution in [-0.2, 0) is 4.79 Å². The summed E-state index contributed by atoms with van der Waals surface area (Å²) < 4.78 is 0. The Hall–Kier alpha value is -2.70. The minimum atomic E-state index is -0.402. The van der Waals surface area contributed by atoms with Gasteiger partial charge in [0.25, 0.3) is 5.91 Å². The molecule has 5 nitrogen and oxygen atoms in total. The molecule has 3 N–H and O–H groups in total. The minimum absolute atomic E-state index is 0.0968. The summed E-state index contributed by atoms with van der Waals surface area (Å²) in [7, 11) is 0. The summed E-state index contributed by atoms with van der Waals surface area (Å²) in [5, 5.41) is 8.89. The number of amides is 2. The molecule has 0 fully saturated rings. The minimum Gasteiger partial charge on any atom is -0.352 e. The maximum absolute atomic E-state index is 12.2. The van der Waals surface area contributed by atoms with E-state index in [-0.39, 0.29) is 11.0 Å². The second-order valence-electron chi connectivity index (χ2n) is 5.60. The van der Waals surface area contributed by atoms with Gasteiger partial charge < -0.3 is 10.6 Å². The number of halogens is 1. The van der Waals surface area contributed by atoms with Crippen LogP contribution in [0.4, 0.5) is 5.69 Å². The van der Waals surface area contributed by atoms with Crippen molar-refractivity contribution < 1.29 is 9.59 Å². The first-order valence-electron chi connectivity index (χ1n) is 8.43. The highest BCUT2D eigenvalue weighted by Gasteiger charge is 2.11. The van der Waals surface area contributed by atoms with Gasteiger partial charge in [-0.05, 0) is 48.5 Å². The van der Waals surface area contributed by atoms with Crippen LogP contribution in [0.15, 0.2) is 54.6 Å². The Balaban J connectivity index is 1.98. The topological polar surface area (TPSA) is 70.2 Å². The fourth-order valence-electron chi connectivity index (χ4n) is 2.21. The average molecular weight is 402 g/mol. The lowest BCUT2D eigenvalue weighted by atomic mass is 10.1. The van der Waals surface area contributed by atoms with Crippen molar-refractivity contribution in [2.75, 3.05) is 11.9 Å². The monoisotopic (exact) mass is 401 g/mol. The average Bonchev–Trinajstić information content (AvgIpc) is 2.65. The number of anilines is 1. The van der Waals surface area contributed by atoms with Gasteiger partial charge in [0.1, 0.15) is 0 Å². The number of rotatable bonds is 6. The van der Waals surface area contributed by atoms with Crippen molar-refractivity contribution in [3.8, 4) is 0 Å². The Labute approximate surface area is 168 Å². The quantitative estimate of drug-likeness (QED) is 0.505. The summed E-state index contributed by atoms with van der Waals surface area (Å²) in [6, 6.07) is 14.1. The zero-order valence-corrected chi connectivity index (χ0v) is 16.4. The van der Waals surface area contributed by atoms with Gasteiger partial charge in [-0.3, -0.25) is 14.9 Å². The van der Waals surface area contributed by atoms with Gasteiger partial charge >= 0.3 is 0 Å². The molecule has 0 unspecified atom stereocenters. The van der Waals surface area contributed by atoms with Crippen LogP contribution in [0.5, 0.6) is 0 Å². The molecule has 0 atom stereocenters. The summed E-state index contributed by atoms with van der Waals surface area (Å²) in [6.45, 7) is 2.56. The first kappa shape index (κ1) is 20.6. The normalized spacial score (nSPS) is 10.4. The summed E-state index contributed by atoms with van der Waals surface area (Å²) in [5.74, 6) is -0.604. The van der Waals surface area contributed by atoms with Crippen molar-refractivity contribution in [3.63, 3.8) is 0 Å². The van der Waals surface area contributed by atoms with Crippen molar-refractivity contribution in [1.82, 2.24) is 10.6 Å². The predicted molar refractivity (Wildman–Crippen MR) is 114 cm³/mol. The molecule has 2 aromatic carbocycles. The van der Waals surface area contributed by atoms with E-state index in [4.69, 9.17) is 23.8 Å². The molecule has 0 aliphatic carbocycles. The van der Waals surface area contributed by atoms with E-state index in [0.29, 0.717) is 22.8 Å². The molecule has 0 aliphatic heterocycles. The van der Waals surface area contributed by atoms with Crippen LogP contribution >= 0.6 is 23.8 Å². The first-order chi connectivity index (χ1) is 13.0. The van der Waals surface area contributed by atoms with Crippen LogP contribution in [0, 0.1) is 0 Å². The van der Waals surface area contributed by atoms with E-state index in [1.165, 1.54) is 6.08 Å². The molecule has 0 radical (unpaired) electrons. The number of benzene rings is 2. The van der Waals surface area contributed by atoms with Gasteiger partial charge in [-0.25, -0.2) is 0 Å². The van der Waals surface area contributed by atoms with Crippen LogP contribution in [0.1, 0.15) is 29.3 Å². The Morgan fingerprint density at radius 3 is 2.56 bits per heavy atom. The summed E-state index contributed by atoms with van der Waals surface area (Å²) >= 11 is 11.2. The van der Waals surface area contributed by atoms with Crippen molar-refractivity contribution in [1.29, 1.82) is 0 Å². The third-order valence-electron chi connectivity index (χ3n) is 3.51. The van der Waals surface area contributed by atoms with Gasteiger partial charge in [0.2, 0.25) is 5.91 Å². The Morgan fingerprint density at radius 2 is 1.81 bits per heavy atom. The number of hydrogen-bond acceptors (Lipinski definition) is 3. The van der Waals surface area contributed by atoms with Crippen molar-refractivity contribution in [3.05, 3.63) is 70.8 Å². The number of carbonyl (C=O) groups is 2. The van der Waals surface area contributed by atoms with Gasteiger partial charge in [0.15, 0.2) is 5.11 Å². The number of hydrogen-bond donors (Lipinski definition) is 3. The molecular weight excluding hydrogens is 382 g/mol. The zero-order chi connectivity index (χ0) is 19.6. The smallest absolute Gasteiger partial charge is 0.253 e. The molecule has 0 heterocycles. The maximum Gasteiger partial charge on any atom is 0.253 e. The maximum atomic E-state index is 12.2. The van der Waals surface area contributed by atoms with Gasteiger partial charge in [-0.15, -0.1) is 0 Å². The summed E-state index contributed by atoms with van der Waals surface area (Å²) in [5.41, 5.74) is 1.70. The Morgan fingerprint density at radius 1 is 1.11 bits per heavy atom.